The van der Waals surface area contributed by atoms with E-state index in [1.54, 1.807) is 0 Å². The third-order valence-electron chi connectivity index (χ3n) is 3.36. The van der Waals surface area contributed by atoms with Crippen LogP contribution in [0.5, 0.6) is 0 Å². The van der Waals surface area contributed by atoms with E-state index in [1.807, 2.05) is 0 Å². The van der Waals surface area contributed by atoms with Crippen molar-refractivity contribution in [3.8, 4) is 0 Å². The maximum absolute atomic E-state index is 5.70. The first-order valence-corrected chi connectivity index (χ1v) is 6.44. The molecule has 0 amide bonds. The quantitative estimate of drug-likeness (QED) is 0.899. The van der Waals surface area contributed by atoms with E-state index in [4.69, 9.17) is 5.73 Å². The highest BCUT2D eigenvalue weighted by Gasteiger charge is 2.22. The predicted octanol–water partition coefficient (Wildman–Crippen LogP) is 2.69. The van der Waals surface area contributed by atoms with Crippen LogP contribution in [0.2, 0.25) is 0 Å². The first-order chi connectivity index (χ1) is 7.24. The normalized spacial score (nSPS) is 18.3. The summed E-state index contributed by atoms with van der Waals surface area (Å²) in [6, 6.07) is 0. The molecule has 15 heavy (non-hydrogen) atoms. The lowest BCUT2D eigenvalue weighted by molar-refractivity contribution is 0.420. The molecule has 1 aromatic heterocycles. The Morgan fingerprint density at radius 2 is 2.07 bits per heavy atom. The maximum atomic E-state index is 5.70. The first kappa shape index (κ1) is 11.1. The minimum absolute atomic E-state index is 0.552. The molecule has 0 unspecified atom stereocenters. The van der Waals surface area contributed by atoms with Crippen molar-refractivity contribution in [1.29, 1.82) is 0 Å². The van der Waals surface area contributed by atoms with Crippen LogP contribution in [-0.2, 0) is 13.6 Å². The third kappa shape index (κ3) is 2.11. The third-order valence-corrected chi connectivity index (χ3v) is 4.00. The van der Waals surface area contributed by atoms with Gasteiger partial charge in [-0.15, -0.1) is 0 Å². The zero-order valence-corrected chi connectivity index (χ0v) is 10.8. The van der Waals surface area contributed by atoms with Gasteiger partial charge < -0.3 is 10.3 Å². The summed E-state index contributed by atoms with van der Waals surface area (Å²) in [5, 5.41) is 0. The molecule has 0 bridgehead atoms. The fourth-order valence-electron chi connectivity index (χ4n) is 2.46. The molecule has 1 aromatic rings. The number of rotatable bonds is 2. The van der Waals surface area contributed by atoms with Gasteiger partial charge in [-0.3, -0.25) is 0 Å². The number of hydrogen-bond donors (Lipinski definition) is 1. The van der Waals surface area contributed by atoms with Crippen LogP contribution < -0.4 is 5.73 Å². The molecule has 0 spiro atoms. The van der Waals surface area contributed by atoms with E-state index in [0.717, 1.165) is 10.3 Å². The minimum Gasteiger partial charge on any atom is -0.333 e. The van der Waals surface area contributed by atoms with E-state index in [2.05, 4.69) is 32.5 Å². The minimum atomic E-state index is 0.552. The molecule has 1 aliphatic rings. The highest BCUT2D eigenvalue weighted by Crippen LogP contribution is 2.33. The van der Waals surface area contributed by atoms with Crippen LogP contribution in [0.25, 0.3) is 0 Å². The molecule has 2 N–H and O–H groups in total. The molecule has 0 aromatic carbocycles. The van der Waals surface area contributed by atoms with Crippen molar-refractivity contribution in [2.75, 3.05) is 0 Å². The van der Waals surface area contributed by atoms with Crippen LogP contribution in [0.15, 0.2) is 4.60 Å². The zero-order chi connectivity index (χ0) is 10.8. The summed E-state index contributed by atoms with van der Waals surface area (Å²) in [5.74, 6) is 1.85. The SMILES string of the molecule is Cn1c(C2CCCCC2)nc(Br)c1CN. The van der Waals surface area contributed by atoms with Crippen molar-refractivity contribution in [2.24, 2.45) is 12.8 Å². The molecular formula is C11H18BrN3. The van der Waals surface area contributed by atoms with Crippen molar-refractivity contribution in [2.45, 2.75) is 44.6 Å². The van der Waals surface area contributed by atoms with Gasteiger partial charge in [-0.05, 0) is 28.8 Å². The second-order valence-corrected chi connectivity index (χ2v) is 5.06. The molecule has 1 fully saturated rings. The molecule has 1 aliphatic carbocycles. The lowest BCUT2D eigenvalue weighted by atomic mass is 9.89. The molecule has 1 saturated carbocycles. The fraction of sp³-hybridized carbons (Fsp3) is 0.727. The average Bonchev–Trinajstić information content (AvgIpc) is 2.55. The number of halogens is 1. The molecule has 0 aliphatic heterocycles. The summed E-state index contributed by atoms with van der Waals surface area (Å²) < 4.78 is 3.09. The summed E-state index contributed by atoms with van der Waals surface area (Å²) in [6.07, 6.45) is 6.62. The first-order valence-electron chi connectivity index (χ1n) is 5.65. The topological polar surface area (TPSA) is 43.8 Å². The number of aromatic nitrogens is 2. The molecule has 84 valence electrons. The van der Waals surface area contributed by atoms with Crippen molar-refractivity contribution in [3.05, 3.63) is 16.1 Å². The Balaban J connectivity index is 2.27. The Bertz CT molecular complexity index is 340. The van der Waals surface area contributed by atoms with Gasteiger partial charge >= 0.3 is 0 Å². The smallest absolute Gasteiger partial charge is 0.128 e. The molecule has 0 saturated heterocycles. The molecule has 1 heterocycles. The summed E-state index contributed by atoms with van der Waals surface area (Å²) in [7, 11) is 2.07. The Hall–Kier alpha value is -0.350. The fourth-order valence-corrected chi connectivity index (χ4v) is 3.07. The molecular weight excluding hydrogens is 254 g/mol. The highest BCUT2D eigenvalue weighted by atomic mass is 79.9. The zero-order valence-electron chi connectivity index (χ0n) is 9.17. The second kappa shape index (κ2) is 4.66. The van der Waals surface area contributed by atoms with Crippen molar-refractivity contribution in [3.63, 3.8) is 0 Å². The van der Waals surface area contributed by atoms with Gasteiger partial charge in [0.1, 0.15) is 10.4 Å². The van der Waals surface area contributed by atoms with Gasteiger partial charge in [0.2, 0.25) is 0 Å². The molecule has 0 radical (unpaired) electrons. The molecule has 4 heteroatoms. The Morgan fingerprint density at radius 3 is 2.60 bits per heavy atom. The number of imidazole rings is 1. The average molecular weight is 272 g/mol. The second-order valence-electron chi connectivity index (χ2n) is 4.31. The number of hydrogen-bond acceptors (Lipinski definition) is 2. The van der Waals surface area contributed by atoms with Crippen LogP contribution >= 0.6 is 15.9 Å². The van der Waals surface area contributed by atoms with Gasteiger partial charge in [-0.2, -0.15) is 0 Å². The number of nitrogens with two attached hydrogens (primary N) is 1. The van der Waals surface area contributed by atoms with E-state index >= 15 is 0 Å². The van der Waals surface area contributed by atoms with E-state index in [9.17, 15) is 0 Å². The monoisotopic (exact) mass is 271 g/mol. The summed E-state index contributed by atoms with van der Waals surface area (Å²) in [5.41, 5.74) is 6.81. The molecule has 0 atom stereocenters. The lowest BCUT2D eigenvalue weighted by Gasteiger charge is -2.21. The Morgan fingerprint density at radius 1 is 1.40 bits per heavy atom. The van der Waals surface area contributed by atoms with E-state index < -0.39 is 0 Å². The summed E-state index contributed by atoms with van der Waals surface area (Å²) in [6.45, 7) is 0.552. The maximum Gasteiger partial charge on any atom is 0.128 e. The van der Waals surface area contributed by atoms with Crippen LogP contribution in [-0.4, -0.2) is 9.55 Å². The van der Waals surface area contributed by atoms with Gasteiger partial charge in [0.05, 0.1) is 5.69 Å². The summed E-state index contributed by atoms with van der Waals surface area (Å²) >= 11 is 3.48. The molecule has 2 rings (SSSR count). The predicted molar refractivity (Wildman–Crippen MR) is 64.6 cm³/mol. The Kier molecular flexibility index (Phi) is 3.46. The van der Waals surface area contributed by atoms with Crippen molar-refractivity contribution >= 4 is 15.9 Å². The van der Waals surface area contributed by atoms with Gasteiger partial charge in [-0.1, -0.05) is 19.3 Å². The van der Waals surface area contributed by atoms with E-state index in [1.165, 1.54) is 37.9 Å². The Labute approximate surface area is 99.2 Å². The van der Waals surface area contributed by atoms with Gasteiger partial charge in [0, 0.05) is 19.5 Å². The van der Waals surface area contributed by atoms with Gasteiger partial charge in [0.15, 0.2) is 0 Å². The van der Waals surface area contributed by atoms with Crippen molar-refractivity contribution < 1.29 is 0 Å². The van der Waals surface area contributed by atoms with E-state index in [-0.39, 0.29) is 0 Å². The van der Waals surface area contributed by atoms with Crippen LogP contribution in [0.3, 0.4) is 0 Å². The molecule has 3 nitrogen and oxygen atoms in total. The van der Waals surface area contributed by atoms with Crippen LogP contribution in [0, 0.1) is 0 Å². The van der Waals surface area contributed by atoms with Crippen LogP contribution in [0.1, 0.15) is 49.5 Å². The van der Waals surface area contributed by atoms with E-state index in [0.29, 0.717) is 12.5 Å². The standard InChI is InChI=1S/C11H18BrN3/c1-15-9(7-13)10(12)14-11(15)8-5-3-2-4-6-8/h8H,2-7,13H2,1H3. The lowest BCUT2D eigenvalue weighted by Crippen LogP contribution is -2.12. The van der Waals surface area contributed by atoms with Crippen molar-refractivity contribution in [1.82, 2.24) is 9.55 Å². The number of nitrogens with zero attached hydrogens (tertiary/aromatic N) is 2. The highest BCUT2D eigenvalue weighted by molar-refractivity contribution is 9.10. The van der Waals surface area contributed by atoms with Crippen LogP contribution in [0.4, 0.5) is 0 Å². The largest absolute Gasteiger partial charge is 0.333 e. The summed E-state index contributed by atoms with van der Waals surface area (Å²) in [4.78, 5) is 4.60. The van der Waals surface area contributed by atoms with Gasteiger partial charge in [-0.25, -0.2) is 4.98 Å². The van der Waals surface area contributed by atoms with Gasteiger partial charge in [0.25, 0.3) is 0 Å².